The van der Waals surface area contributed by atoms with Crippen LogP contribution in [0.1, 0.15) is 30.0 Å². The van der Waals surface area contributed by atoms with E-state index >= 15 is 0 Å². The Balaban J connectivity index is 2.12. The Bertz CT molecular complexity index is 800. The number of allylic oxidation sites excluding steroid dienone is 5. The lowest BCUT2D eigenvalue weighted by molar-refractivity contribution is 0.788. The highest BCUT2D eigenvalue weighted by Crippen LogP contribution is 2.44. The fourth-order valence-electron chi connectivity index (χ4n) is 3.64. The van der Waals surface area contributed by atoms with Crippen molar-refractivity contribution in [2.45, 2.75) is 20.3 Å². The number of fused-ring (bicyclic) bond motifs is 5. The number of hydrogen-bond donors (Lipinski definition) is 0. The number of benzene rings is 2. The van der Waals surface area contributed by atoms with Crippen LogP contribution >= 0.6 is 0 Å². The number of rotatable bonds is 0. The van der Waals surface area contributed by atoms with Crippen molar-refractivity contribution in [3.63, 3.8) is 0 Å². The van der Waals surface area contributed by atoms with Crippen LogP contribution in [0.2, 0.25) is 0 Å². The van der Waals surface area contributed by atoms with Gasteiger partial charge in [-0.05, 0) is 53.3 Å². The second kappa shape index (κ2) is 4.21. The third-order valence-electron chi connectivity index (χ3n) is 4.68. The van der Waals surface area contributed by atoms with Crippen molar-refractivity contribution in [1.82, 2.24) is 0 Å². The average Bonchev–Trinajstić information content (AvgIpc) is 2.49. The first-order valence-corrected chi connectivity index (χ1v) is 7.33. The SMILES string of the molecule is CC1=Cc2c(cc(C)c3ccccc23)C2=CC=CCC12. The van der Waals surface area contributed by atoms with Gasteiger partial charge in [0.1, 0.15) is 0 Å². The molecule has 0 aliphatic heterocycles. The fraction of sp³-hybridized carbons (Fsp3) is 0.200. The highest BCUT2D eigenvalue weighted by atomic mass is 14.3. The molecule has 0 spiro atoms. The summed E-state index contributed by atoms with van der Waals surface area (Å²) < 4.78 is 0. The van der Waals surface area contributed by atoms with Crippen LogP contribution in [0, 0.1) is 12.8 Å². The summed E-state index contributed by atoms with van der Waals surface area (Å²) in [7, 11) is 0. The highest BCUT2D eigenvalue weighted by Gasteiger charge is 2.25. The maximum absolute atomic E-state index is 2.40. The van der Waals surface area contributed by atoms with Gasteiger partial charge in [0.25, 0.3) is 0 Å². The maximum atomic E-state index is 2.40. The molecule has 0 nitrogen and oxygen atoms in total. The molecule has 0 heteroatoms. The van der Waals surface area contributed by atoms with Gasteiger partial charge >= 0.3 is 0 Å². The fourth-order valence-corrected chi connectivity index (χ4v) is 3.64. The molecular weight excluding hydrogens is 240 g/mol. The summed E-state index contributed by atoms with van der Waals surface area (Å²) in [6.45, 7) is 4.50. The summed E-state index contributed by atoms with van der Waals surface area (Å²) in [5, 5.41) is 2.76. The summed E-state index contributed by atoms with van der Waals surface area (Å²) in [6, 6.07) is 11.1. The van der Waals surface area contributed by atoms with Gasteiger partial charge in [-0.3, -0.25) is 0 Å². The first kappa shape index (κ1) is 11.7. The molecule has 2 aromatic rings. The van der Waals surface area contributed by atoms with Crippen molar-refractivity contribution in [2.75, 3.05) is 0 Å². The van der Waals surface area contributed by atoms with Gasteiger partial charge in [0.05, 0.1) is 0 Å². The average molecular weight is 258 g/mol. The first-order valence-electron chi connectivity index (χ1n) is 7.33. The molecule has 1 atom stereocenters. The Morgan fingerprint density at radius 1 is 1.05 bits per heavy atom. The van der Waals surface area contributed by atoms with Crippen molar-refractivity contribution in [3.8, 4) is 0 Å². The van der Waals surface area contributed by atoms with Crippen LogP contribution in [0.15, 0.2) is 54.1 Å². The minimum atomic E-state index is 0.577. The third-order valence-corrected chi connectivity index (χ3v) is 4.68. The minimum Gasteiger partial charge on any atom is -0.0836 e. The molecule has 0 saturated carbocycles. The van der Waals surface area contributed by atoms with Crippen molar-refractivity contribution >= 4 is 22.4 Å². The van der Waals surface area contributed by atoms with Crippen LogP contribution in [-0.4, -0.2) is 0 Å². The van der Waals surface area contributed by atoms with Crippen molar-refractivity contribution < 1.29 is 0 Å². The Labute approximate surface area is 120 Å². The molecule has 0 saturated heterocycles. The number of aryl methyl sites for hydroxylation is 1. The quantitative estimate of drug-likeness (QED) is 0.583. The molecule has 0 fully saturated rings. The molecule has 0 bridgehead atoms. The lowest BCUT2D eigenvalue weighted by atomic mass is 9.74. The van der Waals surface area contributed by atoms with E-state index in [0.717, 1.165) is 6.42 Å². The number of hydrogen-bond acceptors (Lipinski definition) is 0. The molecule has 0 amide bonds. The highest BCUT2D eigenvalue weighted by molar-refractivity contribution is 6.00. The molecule has 0 aromatic heterocycles. The normalized spacial score (nSPS) is 20.2. The van der Waals surface area contributed by atoms with Crippen LogP contribution in [-0.2, 0) is 0 Å². The Kier molecular flexibility index (Phi) is 2.47. The van der Waals surface area contributed by atoms with E-state index in [1.54, 1.807) is 0 Å². The van der Waals surface area contributed by atoms with Gasteiger partial charge in [-0.2, -0.15) is 0 Å². The Morgan fingerprint density at radius 3 is 2.70 bits per heavy atom. The molecule has 0 N–H and O–H groups in total. The Morgan fingerprint density at radius 2 is 1.85 bits per heavy atom. The molecule has 98 valence electrons. The van der Waals surface area contributed by atoms with E-state index in [4.69, 9.17) is 0 Å². The van der Waals surface area contributed by atoms with Gasteiger partial charge in [0, 0.05) is 5.92 Å². The van der Waals surface area contributed by atoms with Gasteiger partial charge in [-0.25, -0.2) is 0 Å². The molecule has 2 aliphatic rings. The van der Waals surface area contributed by atoms with E-state index in [-0.39, 0.29) is 0 Å². The van der Waals surface area contributed by atoms with Gasteiger partial charge < -0.3 is 0 Å². The van der Waals surface area contributed by atoms with Gasteiger partial charge in [-0.1, -0.05) is 60.2 Å². The van der Waals surface area contributed by atoms with E-state index in [1.807, 2.05) is 0 Å². The van der Waals surface area contributed by atoms with Crippen LogP contribution in [0.25, 0.3) is 22.4 Å². The van der Waals surface area contributed by atoms with E-state index in [1.165, 1.54) is 38.6 Å². The predicted octanol–water partition coefficient (Wildman–Crippen LogP) is 5.52. The molecule has 1 unspecified atom stereocenters. The zero-order valence-electron chi connectivity index (χ0n) is 12.0. The summed E-state index contributed by atoms with van der Waals surface area (Å²) >= 11 is 0. The Hall–Kier alpha value is -2.08. The topological polar surface area (TPSA) is 0 Å². The molecule has 0 heterocycles. The lowest BCUT2D eigenvalue weighted by Gasteiger charge is -2.30. The van der Waals surface area contributed by atoms with E-state index in [0.29, 0.717) is 5.92 Å². The van der Waals surface area contributed by atoms with Crippen molar-refractivity contribution in [2.24, 2.45) is 5.92 Å². The van der Waals surface area contributed by atoms with Crippen LogP contribution in [0.3, 0.4) is 0 Å². The minimum absolute atomic E-state index is 0.577. The smallest absolute Gasteiger partial charge is 0.00895 e. The largest absolute Gasteiger partial charge is 0.0836 e. The maximum Gasteiger partial charge on any atom is 0.00895 e. The summed E-state index contributed by atoms with van der Waals surface area (Å²) in [5.74, 6) is 0.577. The van der Waals surface area contributed by atoms with E-state index in [2.05, 4.69) is 68.5 Å². The molecule has 0 radical (unpaired) electrons. The molecule has 2 aromatic carbocycles. The van der Waals surface area contributed by atoms with E-state index < -0.39 is 0 Å². The van der Waals surface area contributed by atoms with E-state index in [9.17, 15) is 0 Å². The van der Waals surface area contributed by atoms with Gasteiger partial charge in [0.15, 0.2) is 0 Å². The second-order valence-electron chi connectivity index (χ2n) is 5.93. The van der Waals surface area contributed by atoms with Crippen LogP contribution in [0.5, 0.6) is 0 Å². The summed E-state index contributed by atoms with van der Waals surface area (Å²) in [6.07, 6.45) is 10.3. The lowest BCUT2D eigenvalue weighted by Crippen LogP contribution is -2.12. The zero-order valence-corrected chi connectivity index (χ0v) is 12.0. The van der Waals surface area contributed by atoms with Gasteiger partial charge in [0.2, 0.25) is 0 Å². The predicted molar refractivity (Wildman–Crippen MR) is 87.6 cm³/mol. The standard InChI is InChI=1S/C20H18/c1-13-11-19-18-10-6-4-8-16(18)14(2)12-20(19)17-9-5-3-7-15(13)17/h3-7,9-12,16H,8H2,1-2H3. The zero-order chi connectivity index (χ0) is 13.7. The monoisotopic (exact) mass is 258 g/mol. The molecule has 2 aliphatic carbocycles. The molecule has 4 rings (SSSR count). The van der Waals surface area contributed by atoms with Crippen LogP contribution < -0.4 is 0 Å². The van der Waals surface area contributed by atoms with Gasteiger partial charge in [-0.15, -0.1) is 0 Å². The summed E-state index contributed by atoms with van der Waals surface area (Å²) in [5.41, 5.74) is 7.20. The van der Waals surface area contributed by atoms with Crippen molar-refractivity contribution in [3.05, 3.63) is 70.8 Å². The second-order valence-corrected chi connectivity index (χ2v) is 5.93. The molecule has 20 heavy (non-hydrogen) atoms. The molecular formula is C20H18. The third kappa shape index (κ3) is 1.54. The van der Waals surface area contributed by atoms with Crippen molar-refractivity contribution in [1.29, 1.82) is 0 Å². The first-order chi connectivity index (χ1) is 9.75. The summed E-state index contributed by atoms with van der Waals surface area (Å²) in [4.78, 5) is 0. The van der Waals surface area contributed by atoms with Crippen LogP contribution in [0.4, 0.5) is 0 Å².